The molecule has 2 aromatic carbocycles. The van der Waals surface area contributed by atoms with Gasteiger partial charge >= 0.3 is 0 Å². The molecule has 0 aliphatic heterocycles. The third-order valence-electron chi connectivity index (χ3n) is 2.85. The van der Waals surface area contributed by atoms with Crippen LogP contribution in [0, 0.1) is 12.7 Å². The van der Waals surface area contributed by atoms with Gasteiger partial charge in [0.05, 0.1) is 5.38 Å². The molecule has 0 nitrogen and oxygen atoms in total. The van der Waals surface area contributed by atoms with E-state index in [1.807, 2.05) is 18.2 Å². The van der Waals surface area contributed by atoms with Gasteiger partial charge in [-0.3, -0.25) is 0 Å². The first-order valence-electron chi connectivity index (χ1n) is 5.61. The van der Waals surface area contributed by atoms with Crippen LogP contribution in [-0.4, -0.2) is 0 Å². The van der Waals surface area contributed by atoms with Gasteiger partial charge < -0.3 is 0 Å². The molecule has 0 spiro atoms. The van der Waals surface area contributed by atoms with Gasteiger partial charge in [0, 0.05) is 0 Å². The maximum atomic E-state index is 12.8. The lowest BCUT2D eigenvalue weighted by atomic mass is 10.0. The van der Waals surface area contributed by atoms with E-state index >= 15 is 0 Å². The van der Waals surface area contributed by atoms with Gasteiger partial charge in [0.15, 0.2) is 0 Å². The average Bonchev–Trinajstić information content (AvgIpc) is 2.32. The van der Waals surface area contributed by atoms with Gasteiger partial charge in [-0.25, -0.2) is 4.39 Å². The fourth-order valence-corrected chi connectivity index (χ4v) is 2.30. The summed E-state index contributed by atoms with van der Waals surface area (Å²) >= 11 is 6.39. The number of alkyl halides is 1. The molecule has 0 N–H and O–H groups in total. The molecule has 0 saturated carbocycles. The summed E-state index contributed by atoms with van der Waals surface area (Å²) in [5.41, 5.74) is 3.38. The molecule has 1 unspecified atom stereocenters. The minimum atomic E-state index is -0.212. The summed E-state index contributed by atoms with van der Waals surface area (Å²) in [6.45, 7) is 2.05. The Morgan fingerprint density at radius 1 is 1.06 bits per heavy atom. The van der Waals surface area contributed by atoms with Crippen LogP contribution in [0.1, 0.15) is 22.1 Å². The van der Waals surface area contributed by atoms with Crippen molar-refractivity contribution in [3.8, 4) is 0 Å². The molecule has 2 aromatic rings. The van der Waals surface area contributed by atoms with Crippen molar-refractivity contribution < 1.29 is 4.39 Å². The van der Waals surface area contributed by atoms with E-state index in [-0.39, 0.29) is 11.2 Å². The molecule has 0 saturated heterocycles. The second kappa shape index (κ2) is 5.33. The molecule has 0 aliphatic carbocycles. The largest absolute Gasteiger partial charge is 0.207 e. The number of aryl methyl sites for hydroxylation is 1. The quantitative estimate of drug-likeness (QED) is 0.694. The maximum absolute atomic E-state index is 12.8. The van der Waals surface area contributed by atoms with Gasteiger partial charge in [-0.1, -0.05) is 36.4 Å². The predicted molar refractivity (Wildman–Crippen MR) is 69.9 cm³/mol. The highest BCUT2D eigenvalue weighted by molar-refractivity contribution is 6.21. The monoisotopic (exact) mass is 248 g/mol. The molecule has 2 rings (SSSR count). The minimum Gasteiger partial charge on any atom is -0.207 e. The number of hydrogen-bond acceptors (Lipinski definition) is 0. The summed E-state index contributed by atoms with van der Waals surface area (Å²) in [6.07, 6.45) is 0.715. The Morgan fingerprint density at radius 3 is 2.35 bits per heavy atom. The smallest absolute Gasteiger partial charge is 0.123 e. The van der Waals surface area contributed by atoms with Crippen molar-refractivity contribution in [2.45, 2.75) is 18.7 Å². The third kappa shape index (κ3) is 3.07. The van der Waals surface area contributed by atoms with Crippen LogP contribution < -0.4 is 0 Å². The van der Waals surface area contributed by atoms with Gasteiger partial charge in [0.25, 0.3) is 0 Å². The van der Waals surface area contributed by atoms with Crippen molar-refractivity contribution in [2.75, 3.05) is 0 Å². The fraction of sp³-hybridized carbons (Fsp3) is 0.200. The van der Waals surface area contributed by atoms with E-state index in [1.54, 1.807) is 12.1 Å². The van der Waals surface area contributed by atoms with Crippen LogP contribution in [0.15, 0.2) is 48.5 Å². The first kappa shape index (κ1) is 12.1. The van der Waals surface area contributed by atoms with Gasteiger partial charge in [-0.2, -0.15) is 0 Å². The Labute approximate surface area is 106 Å². The summed E-state index contributed by atoms with van der Waals surface area (Å²) in [4.78, 5) is 0. The summed E-state index contributed by atoms with van der Waals surface area (Å²) in [6, 6.07) is 14.6. The second-order valence-corrected chi connectivity index (χ2v) is 4.68. The molecule has 88 valence electrons. The zero-order valence-electron chi connectivity index (χ0n) is 9.66. The van der Waals surface area contributed by atoms with Crippen molar-refractivity contribution >= 4 is 11.6 Å². The van der Waals surface area contributed by atoms with E-state index in [0.717, 1.165) is 11.1 Å². The lowest BCUT2D eigenvalue weighted by Crippen LogP contribution is -1.98. The predicted octanol–water partition coefficient (Wildman–Crippen LogP) is 4.66. The van der Waals surface area contributed by atoms with E-state index in [0.29, 0.717) is 6.42 Å². The molecule has 0 radical (unpaired) electrons. The Balaban J connectivity index is 2.14. The van der Waals surface area contributed by atoms with Crippen LogP contribution >= 0.6 is 11.6 Å². The van der Waals surface area contributed by atoms with Crippen LogP contribution in [-0.2, 0) is 6.42 Å². The summed E-state index contributed by atoms with van der Waals surface area (Å²) < 4.78 is 12.8. The number of rotatable bonds is 3. The van der Waals surface area contributed by atoms with Gasteiger partial charge in [-0.15, -0.1) is 11.6 Å². The van der Waals surface area contributed by atoms with E-state index in [4.69, 9.17) is 11.6 Å². The number of benzene rings is 2. The minimum absolute atomic E-state index is 0.0679. The molecule has 0 fully saturated rings. The van der Waals surface area contributed by atoms with Gasteiger partial charge in [0.1, 0.15) is 5.82 Å². The zero-order valence-corrected chi connectivity index (χ0v) is 10.4. The molecule has 0 bridgehead atoms. The van der Waals surface area contributed by atoms with Crippen molar-refractivity contribution in [3.63, 3.8) is 0 Å². The normalized spacial score (nSPS) is 12.4. The standard InChI is InChI=1S/C15H14ClF/c1-11-4-2-3-5-14(11)15(16)10-12-6-8-13(17)9-7-12/h2-9,15H,10H2,1H3. The van der Waals surface area contributed by atoms with Crippen LogP contribution in [0.5, 0.6) is 0 Å². The average molecular weight is 249 g/mol. The Bertz CT molecular complexity index is 491. The molecule has 0 amide bonds. The Hall–Kier alpha value is -1.34. The number of halogens is 2. The SMILES string of the molecule is Cc1ccccc1C(Cl)Cc1ccc(F)cc1. The third-order valence-corrected chi connectivity index (χ3v) is 3.24. The van der Waals surface area contributed by atoms with E-state index in [1.165, 1.54) is 17.7 Å². The Morgan fingerprint density at radius 2 is 1.71 bits per heavy atom. The zero-order chi connectivity index (χ0) is 12.3. The Kier molecular flexibility index (Phi) is 3.80. The molecular weight excluding hydrogens is 235 g/mol. The van der Waals surface area contributed by atoms with Gasteiger partial charge in [0.2, 0.25) is 0 Å². The summed E-state index contributed by atoms with van der Waals surface area (Å²) in [5.74, 6) is -0.212. The highest BCUT2D eigenvalue weighted by Gasteiger charge is 2.10. The van der Waals surface area contributed by atoms with Gasteiger partial charge in [-0.05, 0) is 42.2 Å². The first-order valence-corrected chi connectivity index (χ1v) is 6.04. The van der Waals surface area contributed by atoms with E-state index in [2.05, 4.69) is 13.0 Å². The van der Waals surface area contributed by atoms with E-state index < -0.39 is 0 Å². The van der Waals surface area contributed by atoms with E-state index in [9.17, 15) is 4.39 Å². The molecule has 0 aliphatic rings. The molecule has 2 heteroatoms. The lowest BCUT2D eigenvalue weighted by Gasteiger charge is -2.12. The topological polar surface area (TPSA) is 0 Å². The molecule has 0 heterocycles. The highest BCUT2D eigenvalue weighted by atomic mass is 35.5. The summed E-state index contributed by atoms with van der Waals surface area (Å²) in [5, 5.41) is -0.0679. The van der Waals surface area contributed by atoms with Crippen molar-refractivity contribution in [3.05, 3.63) is 71.0 Å². The lowest BCUT2D eigenvalue weighted by molar-refractivity contribution is 0.627. The van der Waals surface area contributed by atoms with Crippen molar-refractivity contribution in [1.29, 1.82) is 0 Å². The van der Waals surface area contributed by atoms with Crippen molar-refractivity contribution in [1.82, 2.24) is 0 Å². The second-order valence-electron chi connectivity index (χ2n) is 4.15. The van der Waals surface area contributed by atoms with Crippen LogP contribution in [0.3, 0.4) is 0 Å². The van der Waals surface area contributed by atoms with Crippen LogP contribution in [0.4, 0.5) is 4.39 Å². The number of hydrogen-bond donors (Lipinski definition) is 0. The van der Waals surface area contributed by atoms with Crippen molar-refractivity contribution in [2.24, 2.45) is 0 Å². The molecule has 17 heavy (non-hydrogen) atoms. The van der Waals surface area contributed by atoms with Crippen LogP contribution in [0.25, 0.3) is 0 Å². The fourth-order valence-electron chi connectivity index (χ4n) is 1.88. The molecule has 1 atom stereocenters. The molecule has 0 aromatic heterocycles. The maximum Gasteiger partial charge on any atom is 0.123 e. The highest BCUT2D eigenvalue weighted by Crippen LogP contribution is 2.27. The summed E-state index contributed by atoms with van der Waals surface area (Å²) in [7, 11) is 0. The molecular formula is C15H14ClF. The first-order chi connectivity index (χ1) is 8.16. The van der Waals surface area contributed by atoms with Crippen LogP contribution in [0.2, 0.25) is 0 Å².